The van der Waals surface area contributed by atoms with E-state index in [0.29, 0.717) is 19.4 Å². The topological polar surface area (TPSA) is 95.6 Å². The first-order chi connectivity index (χ1) is 13.8. The summed E-state index contributed by atoms with van der Waals surface area (Å²) in [5.74, 6) is 0.0310. The number of hydrogen-bond donors (Lipinski definition) is 2. The molecule has 3 rings (SSSR count). The lowest BCUT2D eigenvalue weighted by Crippen LogP contribution is -2.52. The van der Waals surface area contributed by atoms with Crippen molar-refractivity contribution in [2.75, 3.05) is 17.6 Å². The van der Waals surface area contributed by atoms with Crippen LogP contribution in [0.3, 0.4) is 0 Å². The summed E-state index contributed by atoms with van der Waals surface area (Å²) in [6.07, 6.45) is 4.63. The lowest BCUT2D eigenvalue weighted by atomic mass is 10.0. The van der Waals surface area contributed by atoms with Gasteiger partial charge in [-0.1, -0.05) is 25.5 Å². The van der Waals surface area contributed by atoms with Crippen LogP contribution in [0, 0.1) is 5.92 Å². The van der Waals surface area contributed by atoms with Crippen molar-refractivity contribution >= 4 is 27.5 Å². The molecule has 2 fully saturated rings. The van der Waals surface area contributed by atoms with E-state index in [4.69, 9.17) is 0 Å². The van der Waals surface area contributed by atoms with Gasteiger partial charge in [-0.2, -0.15) is 4.31 Å². The van der Waals surface area contributed by atoms with Crippen LogP contribution in [0.2, 0.25) is 0 Å². The molecule has 1 saturated heterocycles. The fraction of sp³-hybridized carbons (Fsp3) is 0.619. The Bertz CT molecular complexity index is 834. The second kappa shape index (κ2) is 9.26. The lowest BCUT2D eigenvalue weighted by Gasteiger charge is -2.34. The predicted molar refractivity (Wildman–Crippen MR) is 113 cm³/mol. The summed E-state index contributed by atoms with van der Waals surface area (Å²) in [6.45, 7) is 4.11. The molecule has 1 heterocycles. The Hall–Kier alpha value is -1.93. The fourth-order valence-electron chi connectivity index (χ4n) is 3.71. The highest BCUT2D eigenvalue weighted by Gasteiger charge is 2.36. The summed E-state index contributed by atoms with van der Waals surface area (Å²) in [6, 6.07) is 6.52. The van der Waals surface area contributed by atoms with Gasteiger partial charge in [-0.25, -0.2) is 8.42 Å². The number of hydrogen-bond acceptors (Lipinski definition) is 4. The molecule has 1 saturated carbocycles. The summed E-state index contributed by atoms with van der Waals surface area (Å²) >= 11 is 0. The molecule has 1 aliphatic carbocycles. The number of nitrogens with zero attached hydrogens (tertiary/aromatic N) is 1. The molecule has 8 heteroatoms. The number of piperidine rings is 1. The van der Waals surface area contributed by atoms with E-state index in [9.17, 15) is 18.0 Å². The molecule has 1 aliphatic heterocycles. The molecule has 2 unspecified atom stereocenters. The number of carbonyl (C=O) groups is 2. The molecule has 160 valence electrons. The van der Waals surface area contributed by atoms with Crippen LogP contribution in [0.5, 0.6) is 0 Å². The molecular formula is C21H31N3O4S. The van der Waals surface area contributed by atoms with Crippen molar-refractivity contribution in [1.82, 2.24) is 9.62 Å². The maximum Gasteiger partial charge on any atom is 0.238 e. The van der Waals surface area contributed by atoms with Crippen LogP contribution in [0.25, 0.3) is 0 Å². The maximum atomic E-state index is 12.9. The predicted octanol–water partition coefficient (Wildman–Crippen LogP) is 2.81. The zero-order chi connectivity index (χ0) is 21.0. The first-order valence-corrected chi connectivity index (χ1v) is 12.1. The van der Waals surface area contributed by atoms with Gasteiger partial charge in [0.2, 0.25) is 21.8 Å². The first kappa shape index (κ1) is 21.8. The van der Waals surface area contributed by atoms with Crippen LogP contribution in [0.1, 0.15) is 64.0 Å². The van der Waals surface area contributed by atoms with Gasteiger partial charge in [0.1, 0.15) is 6.04 Å². The van der Waals surface area contributed by atoms with Gasteiger partial charge in [-0.3, -0.25) is 9.59 Å². The van der Waals surface area contributed by atoms with Crippen LogP contribution in [-0.2, 0) is 19.6 Å². The molecule has 2 amide bonds. The molecule has 1 aromatic carbocycles. The minimum Gasteiger partial charge on any atom is -0.348 e. The molecule has 7 nitrogen and oxygen atoms in total. The van der Waals surface area contributed by atoms with Gasteiger partial charge in [0, 0.05) is 18.2 Å². The van der Waals surface area contributed by atoms with Gasteiger partial charge < -0.3 is 10.6 Å². The van der Waals surface area contributed by atoms with Crippen molar-refractivity contribution in [3.8, 4) is 0 Å². The number of anilines is 1. The summed E-state index contributed by atoms with van der Waals surface area (Å²) in [5, 5.41) is 5.86. The minimum atomic E-state index is -3.41. The van der Waals surface area contributed by atoms with Crippen molar-refractivity contribution < 1.29 is 18.0 Å². The molecule has 2 N–H and O–H groups in total. The molecule has 0 aromatic heterocycles. The second-order valence-corrected chi connectivity index (χ2v) is 10.1. The van der Waals surface area contributed by atoms with Crippen LogP contribution in [-0.4, -0.2) is 42.9 Å². The minimum absolute atomic E-state index is 0.0600. The molecule has 0 bridgehead atoms. The quantitative estimate of drug-likeness (QED) is 0.675. The highest BCUT2D eigenvalue weighted by Crippen LogP contribution is 2.30. The number of benzene rings is 1. The van der Waals surface area contributed by atoms with Crippen LogP contribution < -0.4 is 10.6 Å². The van der Waals surface area contributed by atoms with Crippen LogP contribution >= 0.6 is 0 Å². The largest absolute Gasteiger partial charge is 0.348 e. The SMILES string of the molecule is CCCS(=O)(=O)N1CCCCC1C(=O)NC(C)c1ccc(NC(=O)C2CC2)cc1. The Balaban J connectivity index is 1.61. The normalized spacial score (nSPS) is 21.4. The summed E-state index contributed by atoms with van der Waals surface area (Å²) in [4.78, 5) is 24.7. The number of rotatable bonds is 8. The van der Waals surface area contributed by atoms with Crippen LogP contribution in [0.4, 0.5) is 5.69 Å². The Kier molecular flexibility index (Phi) is 6.95. The van der Waals surface area contributed by atoms with E-state index in [1.54, 1.807) is 0 Å². The standard InChI is InChI=1S/C21H31N3O4S/c1-3-14-29(27,28)24-13-5-4-6-19(24)21(26)22-15(2)16-9-11-18(12-10-16)23-20(25)17-7-8-17/h9-12,15,17,19H,3-8,13-14H2,1-2H3,(H,22,26)(H,23,25). The first-order valence-electron chi connectivity index (χ1n) is 10.5. The summed E-state index contributed by atoms with van der Waals surface area (Å²) in [5.41, 5.74) is 1.65. The van der Waals surface area contributed by atoms with E-state index in [1.807, 2.05) is 38.1 Å². The number of nitrogens with one attached hydrogen (secondary N) is 2. The number of amides is 2. The lowest BCUT2D eigenvalue weighted by molar-refractivity contribution is -0.126. The summed E-state index contributed by atoms with van der Waals surface area (Å²) < 4.78 is 26.5. The fourth-order valence-corrected chi connectivity index (χ4v) is 5.46. The van der Waals surface area contributed by atoms with Crippen molar-refractivity contribution in [1.29, 1.82) is 0 Å². The van der Waals surface area contributed by atoms with E-state index in [0.717, 1.165) is 36.9 Å². The van der Waals surface area contributed by atoms with Gasteiger partial charge >= 0.3 is 0 Å². The van der Waals surface area contributed by atoms with Crippen molar-refractivity contribution in [2.45, 2.75) is 64.5 Å². The van der Waals surface area contributed by atoms with Crippen molar-refractivity contribution in [2.24, 2.45) is 5.92 Å². The molecule has 1 aromatic rings. The molecule has 29 heavy (non-hydrogen) atoms. The van der Waals surface area contributed by atoms with E-state index in [1.165, 1.54) is 4.31 Å². The molecule has 0 radical (unpaired) electrons. The molecule has 0 spiro atoms. The second-order valence-electron chi connectivity index (χ2n) is 8.05. The van der Waals surface area contributed by atoms with Crippen LogP contribution in [0.15, 0.2) is 24.3 Å². The molecular weight excluding hydrogens is 390 g/mol. The zero-order valence-corrected chi connectivity index (χ0v) is 18.0. The molecule has 2 aliphatic rings. The third-order valence-electron chi connectivity index (χ3n) is 5.56. The number of sulfonamides is 1. The third-order valence-corrected chi connectivity index (χ3v) is 7.64. The number of carbonyl (C=O) groups excluding carboxylic acids is 2. The van der Waals surface area contributed by atoms with E-state index >= 15 is 0 Å². The van der Waals surface area contributed by atoms with Crippen molar-refractivity contribution in [3.05, 3.63) is 29.8 Å². The van der Waals surface area contributed by atoms with Gasteiger partial charge in [-0.05, 0) is 56.7 Å². The molecule has 2 atom stereocenters. The average Bonchev–Trinajstić information content (AvgIpc) is 3.54. The highest BCUT2D eigenvalue weighted by atomic mass is 32.2. The van der Waals surface area contributed by atoms with E-state index in [2.05, 4.69) is 10.6 Å². The smallest absolute Gasteiger partial charge is 0.238 e. The van der Waals surface area contributed by atoms with Gasteiger partial charge in [0.25, 0.3) is 0 Å². The summed E-state index contributed by atoms with van der Waals surface area (Å²) in [7, 11) is -3.41. The van der Waals surface area contributed by atoms with E-state index < -0.39 is 16.1 Å². The highest BCUT2D eigenvalue weighted by molar-refractivity contribution is 7.89. The zero-order valence-electron chi connectivity index (χ0n) is 17.2. The van der Waals surface area contributed by atoms with E-state index in [-0.39, 0.29) is 29.5 Å². The van der Waals surface area contributed by atoms with Crippen molar-refractivity contribution in [3.63, 3.8) is 0 Å². The Morgan fingerprint density at radius 1 is 1.10 bits per heavy atom. The average molecular weight is 422 g/mol. The maximum absolute atomic E-state index is 12.9. The van der Waals surface area contributed by atoms with Gasteiger partial charge in [0.05, 0.1) is 11.8 Å². The third kappa shape index (κ3) is 5.57. The Labute approximate surface area is 173 Å². The van der Waals surface area contributed by atoms with Gasteiger partial charge in [0.15, 0.2) is 0 Å². The Morgan fingerprint density at radius 2 is 1.79 bits per heavy atom. The Morgan fingerprint density at radius 3 is 2.41 bits per heavy atom. The monoisotopic (exact) mass is 421 g/mol. The van der Waals surface area contributed by atoms with Gasteiger partial charge in [-0.15, -0.1) is 0 Å².